The summed E-state index contributed by atoms with van der Waals surface area (Å²) in [6.45, 7) is 5.66. The van der Waals surface area contributed by atoms with Crippen molar-refractivity contribution >= 4 is 23.5 Å². The van der Waals surface area contributed by atoms with E-state index in [1.54, 1.807) is 6.92 Å². The summed E-state index contributed by atoms with van der Waals surface area (Å²) in [5, 5.41) is 5.83. The maximum atomic E-state index is 12.9. The number of para-hydroxylation sites is 1. The molecule has 6 nitrogen and oxygen atoms in total. The smallest absolute Gasteiger partial charge is 0.308 e. The van der Waals surface area contributed by atoms with Crippen LogP contribution in [0.4, 0.5) is 5.69 Å². The molecule has 4 saturated carbocycles. The highest BCUT2D eigenvalue weighted by Crippen LogP contribution is 2.60. The third-order valence-electron chi connectivity index (χ3n) is 7.54. The average Bonchev–Trinajstić information content (AvgIpc) is 2.69. The molecule has 5 rings (SSSR count). The van der Waals surface area contributed by atoms with Gasteiger partial charge in [-0.05, 0) is 88.2 Å². The molecule has 0 unspecified atom stereocenters. The highest BCUT2D eigenvalue weighted by atomic mass is 16.5. The summed E-state index contributed by atoms with van der Waals surface area (Å²) in [5.41, 5.74) is 2.45. The molecule has 0 aliphatic heterocycles. The zero-order valence-electron chi connectivity index (χ0n) is 18.8. The van der Waals surface area contributed by atoms with Crippen molar-refractivity contribution in [2.24, 2.45) is 23.2 Å². The Kier molecular flexibility index (Phi) is 6.09. The number of benzene rings is 1. The van der Waals surface area contributed by atoms with Gasteiger partial charge in [0.1, 0.15) is 0 Å². The molecule has 2 amide bonds. The molecule has 168 valence electrons. The summed E-state index contributed by atoms with van der Waals surface area (Å²) >= 11 is 0. The lowest BCUT2D eigenvalue weighted by molar-refractivity contribution is -0.153. The fraction of sp³-hybridized carbons (Fsp3) is 0.640. The predicted molar refractivity (Wildman–Crippen MR) is 118 cm³/mol. The molecular weight excluding hydrogens is 392 g/mol. The first-order valence-electron chi connectivity index (χ1n) is 11.6. The first-order chi connectivity index (χ1) is 14.8. The van der Waals surface area contributed by atoms with Crippen LogP contribution < -0.4 is 10.6 Å². The van der Waals surface area contributed by atoms with Crippen molar-refractivity contribution in [3.8, 4) is 0 Å². The molecular formula is C25H34N2O4. The number of rotatable bonds is 7. The van der Waals surface area contributed by atoms with Gasteiger partial charge in [-0.2, -0.15) is 0 Å². The molecule has 4 aliphatic rings. The Hall–Kier alpha value is -2.37. The van der Waals surface area contributed by atoms with Gasteiger partial charge in [-0.3, -0.25) is 14.4 Å². The van der Waals surface area contributed by atoms with E-state index in [0.717, 1.165) is 36.1 Å². The van der Waals surface area contributed by atoms with Gasteiger partial charge in [0, 0.05) is 17.6 Å². The molecule has 1 aromatic carbocycles. The van der Waals surface area contributed by atoms with Gasteiger partial charge < -0.3 is 15.4 Å². The predicted octanol–water partition coefficient (Wildman–Crippen LogP) is 3.90. The van der Waals surface area contributed by atoms with Gasteiger partial charge in [0.2, 0.25) is 5.91 Å². The minimum atomic E-state index is -0.898. The summed E-state index contributed by atoms with van der Waals surface area (Å²) in [5.74, 6) is 1.40. The van der Waals surface area contributed by atoms with Gasteiger partial charge >= 0.3 is 5.97 Å². The number of aryl methyl sites for hydroxylation is 2. The topological polar surface area (TPSA) is 84.5 Å². The lowest BCUT2D eigenvalue weighted by Crippen LogP contribution is -2.53. The number of ether oxygens (including phenoxy) is 1. The molecule has 4 bridgehead atoms. The van der Waals surface area contributed by atoms with Crippen molar-refractivity contribution in [1.29, 1.82) is 0 Å². The summed E-state index contributed by atoms with van der Waals surface area (Å²) in [4.78, 5) is 37.6. The van der Waals surface area contributed by atoms with E-state index in [1.165, 1.54) is 19.3 Å². The van der Waals surface area contributed by atoms with Crippen LogP contribution in [0.3, 0.4) is 0 Å². The molecule has 4 fully saturated rings. The van der Waals surface area contributed by atoms with Crippen LogP contribution in [0.1, 0.15) is 63.0 Å². The summed E-state index contributed by atoms with van der Waals surface area (Å²) in [6, 6.07) is 5.78. The maximum absolute atomic E-state index is 12.9. The quantitative estimate of drug-likeness (QED) is 0.648. The third-order valence-corrected chi connectivity index (χ3v) is 7.54. The lowest BCUT2D eigenvalue weighted by Gasteiger charge is -2.55. The van der Waals surface area contributed by atoms with E-state index in [9.17, 15) is 14.4 Å². The zero-order chi connectivity index (χ0) is 22.2. The molecule has 1 atom stereocenters. The maximum Gasteiger partial charge on any atom is 0.308 e. The van der Waals surface area contributed by atoms with E-state index in [1.807, 2.05) is 32.0 Å². The number of amides is 2. The summed E-state index contributed by atoms with van der Waals surface area (Å²) in [7, 11) is 0. The number of anilines is 1. The molecule has 2 N–H and O–H groups in total. The SMILES string of the molecule is Cc1cccc(C)c1NC(=O)[C@@H](C)OC(=O)CCNC(=O)C12CC3CC(CC(C3)C1)C2. The highest BCUT2D eigenvalue weighted by Gasteiger charge is 2.54. The van der Waals surface area contributed by atoms with Crippen molar-refractivity contribution in [2.75, 3.05) is 11.9 Å². The number of carbonyl (C=O) groups excluding carboxylic acids is 3. The Morgan fingerprint density at radius 3 is 2.13 bits per heavy atom. The van der Waals surface area contributed by atoms with Gasteiger partial charge in [0.25, 0.3) is 5.91 Å². The second-order valence-electron chi connectivity index (χ2n) is 10.1. The minimum absolute atomic E-state index is 0.0686. The van der Waals surface area contributed by atoms with Gasteiger partial charge in [0.15, 0.2) is 6.10 Å². The lowest BCUT2D eigenvalue weighted by atomic mass is 9.49. The zero-order valence-corrected chi connectivity index (χ0v) is 18.8. The number of hydrogen-bond donors (Lipinski definition) is 2. The second kappa shape index (κ2) is 8.64. The van der Waals surface area contributed by atoms with E-state index in [0.29, 0.717) is 17.8 Å². The van der Waals surface area contributed by atoms with E-state index < -0.39 is 12.1 Å². The molecule has 0 saturated heterocycles. The molecule has 1 aromatic rings. The number of carbonyl (C=O) groups is 3. The van der Waals surface area contributed by atoms with Crippen LogP contribution in [-0.2, 0) is 19.1 Å². The van der Waals surface area contributed by atoms with Crippen LogP contribution in [0.2, 0.25) is 0 Å². The minimum Gasteiger partial charge on any atom is -0.452 e. The van der Waals surface area contributed by atoms with Crippen molar-refractivity contribution in [3.63, 3.8) is 0 Å². The number of hydrogen-bond acceptors (Lipinski definition) is 4. The normalized spacial score (nSPS) is 29.3. The van der Waals surface area contributed by atoms with Gasteiger partial charge in [0.05, 0.1) is 6.42 Å². The third kappa shape index (κ3) is 4.63. The van der Waals surface area contributed by atoms with E-state index in [4.69, 9.17) is 4.74 Å². The van der Waals surface area contributed by atoms with Crippen LogP contribution in [0, 0.1) is 37.0 Å². The average molecular weight is 427 g/mol. The summed E-state index contributed by atoms with van der Waals surface area (Å²) in [6.07, 6.45) is 6.06. The van der Waals surface area contributed by atoms with Crippen LogP contribution in [0.25, 0.3) is 0 Å². The number of nitrogens with one attached hydrogen (secondary N) is 2. The first-order valence-corrected chi connectivity index (χ1v) is 11.6. The molecule has 0 spiro atoms. The molecule has 0 heterocycles. The van der Waals surface area contributed by atoms with Crippen LogP contribution in [-0.4, -0.2) is 30.4 Å². The second-order valence-corrected chi connectivity index (χ2v) is 10.1. The fourth-order valence-corrected chi connectivity index (χ4v) is 6.40. The Morgan fingerprint density at radius 2 is 1.58 bits per heavy atom. The van der Waals surface area contributed by atoms with E-state index >= 15 is 0 Å². The molecule has 0 radical (unpaired) electrons. The standard InChI is InChI=1S/C25H34N2O4/c1-15-5-4-6-16(2)22(15)27-23(29)17(3)31-21(28)7-8-26-24(30)25-12-18-9-19(13-25)11-20(10-18)14-25/h4-6,17-20H,7-14H2,1-3H3,(H,26,30)(H,27,29)/t17-,18?,19?,20?,25?/m1/s1. The monoisotopic (exact) mass is 426 g/mol. The van der Waals surface area contributed by atoms with Gasteiger partial charge in [-0.25, -0.2) is 0 Å². The first kappa shape index (κ1) is 21.8. The largest absolute Gasteiger partial charge is 0.452 e. The van der Waals surface area contributed by atoms with E-state index in [2.05, 4.69) is 10.6 Å². The Labute approximate surface area is 184 Å². The Morgan fingerprint density at radius 1 is 1.03 bits per heavy atom. The van der Waals surface area contributed by atoms with Crippen LogP contribution in [0.5, 0.6) is 0 Å². The molecule has 4 aliphatic carbocycles. The van der Waals surface area contributed by atoms with Gasteiger partial charge in [-0.1, -0.05) is 18.2 Å². The summed E-state index contributed by atoms with van der Waals surface area (Å²) < 4.78 is 5.29. The van der Waals surface area contributed by atoms with Crippen LogP contribution in [0.15, 0.2) is 18.2 Å². The van der Waals surface area contributed by atoms with Crippen molar-refractivity contribution < 1.29 is 19.1 Å². The van der Waals surface area contributed by atoms with Crippen LogP contribution >= 0.6 is 0 Å². The van der Waals surface area contributed by atoms with Gasteiger partial charge in [-0.15, -0.1) is 0 Å². The molecule has 0 aromatic heterocycles. The molecule has 6 heteroatoms. The highest BCUT2D eigenvalue weighted by molar-refractivity contribution is 5.96. The van der Waals surface area contributed by atoms with Crippen molar-refractivity contribution in [3.05, 3.63) is 29.3 Å². The Bertz CT molecular complexity index is 823. The van der Waals surface area contributed by atoms with Crippen molar-refractivity contribution in [1.82, 2.24) is 5.32 Å². The Balaban J connectivity index is 1.22. The van der Waals surface area contributed by atoms with E-state index in [-0.39, 0.29) is 30.2 Å². The number of esters is 1. The molecule has 31 heavy (non-hydrogen) atoms. The fourth-order valence-electron chi connectivity index (χ4n) is 6.40. The van der Waals surface area contributed by atoms with Crippen molar-refractivity contribution in [2.45, 2.75) is 71.8 Å².